The van der Waals surface area contributed by atoms with Gasteiger partial charge in [-0.3, -0.25) is 4.79 Å². The molecule has 0 aliphatic heterocycles. The summed E-state index contributed by atoms with van der Waals surface area (Å²) in [5.74, 6) is 6.00. The summed E-state index contributed by atoms with van der Waals surface area (Å²) in [4.78, 5) is 12.5. The molecule has 2 nitrogen and oxygen atoms in total. The van der Waals surface area contributed by atoms with Gasteiger partial charge in [-0.05, 0) is 111 Å². The second kappa shape index (κ2) is 10.2. The predicted molar refractivity (Wildman–Crippen MR) is 138 cm³/mol. The van der Waals surface area contributed by atoms with E-state index in [4.69, 9.17) is 4.74 Å². The summed E-state index contributed by atoms with van der Waals surface area (Å²) in [6, 6.07) is 0. The van der Waals surface area contributed by atoms with E-state index in [9.17, 15) is 4.79 Å². The van der Waals surface area contributed by atoms with E-state index in [2.05, 4.69) is 41.5 Å². The predicted octanol–water partition coefficient (Wildman–Crippen LogP) is 8.82. The highest BCUT2D eigenvalue weighted by Crippen LogP contribution is 2.68. The molecule has 190 valence electrons. The van der Waals surface area contributed by atoms with Crippen LogP contribution in [0.3, 0.4) is 0 Å². The largest absolute Gasteiger partial charge is 0.462 e. The SMILES string of the molecule is CCCC(=O)OC1CCC[C@H]2CC[C@H]3[C@@H]4CC[C@H]([C@H](C)CCCC(C)C)[C@@]4(C)CC[C@@H]3[C@@]12C. The van der Waals surface area contributed by atoms with E-state index in [1.807, 2.05) is 0 Å². The van der Waals surface area contributed by atoms with Crippen molar-refractivity contribution in [2.45, 2.75) is 138 Å². The first-order valence-electron chi connectivity index (χ1n) is 14.9. The number of fused-ring (bicyclic) bond motifs is 5. The quantitative estimate of drug-likeness (QED) is 0.340. The monoisotopic (exact) mass is 458 g/mol. The zero-order chi connectivity index (χ0) is 23.8. The van der Waals surface area contributed by atoms with Crippen LogP contribution in [0.5, 0.6) is 0 Å². The molecule has 0 saturated heterocycles. The molecule has 0 aromatic rings. The average molecular weight is 459 g/mol. The minimum Gasteiger partial charge on any atom is -0.462 e. The molecule has 33 heavy (non-hydrogen) atoms. The molecule has 0 aromatic heterocycles. The van der Waals surface area contributed by atoms with Crippen molar-refractivity contribution in [1.82, 2.24) is 0 Å². The van der Waals surface area contributed by atoms with Crippen LogP contribution in [0.25, 0.3) is 0 Å². The first-order chi connectivity index (χ1) is 15.7. The summed E-state index contributed by atoms with van der Waals surface area (Å²) in [7, 11) is 0. The highest BCUT2D eigenvalue weighted by Gasteiger charge is 2.62. The lowest BCUT2D eigenvalue weighted by Gasteiger charge is -2.62. The summed E-state index contributed by atoms with van der Waals surface area (Å²) in [5, 5.41) is 0. The van der Waals surface area contributed by atoms with E-state index in [1.54, 1.807) is 0 Å². The Morgan fingerprint density at radius 2 is 1.73 bits per heavy atom. The van der Waals surface area contributed by atoms with Crippen LogP contribution >= 0.6 is 0 Å². The molecule has 4 saturated carbocycles. The molecule has 0 N–H and O–H groups in total. The lowest BCUT2D eigenvalue weighted by atomic mass is 9.44. The van der Waals surface area contributed by atoms with Crippen LogP contribution in [0.1, 0.15) is 131 Å². The first-order valence-corrected chi connectivity index (χ1v) is 14.9. The summed E-state index contributed by atoms with van der Waals surface area (Å²) in [6.45, 7) is 14.7. The zero-order valence-electron chi connectivity index (χ0n) is 22.8. The molecule has 0 amide bonds. The topological polar surface area (TPSA) is 26.3 Å². The highest BCUT2D eigenvalue weighted by molar-refractivity contribution is 5.69. The highest BCUT2D eigenvalue weighted by atomic mass is 16.5. The van der Waals surface area contributed by atoms with E-state index in [0.717, 1.165) is 54.3 Å². The van der Waals surface area contributed by atoms with Crippen molar-refractivity contribution in [3.8, 4) is 0 Å². The van der Waals surface area contributed by atoms with Gasteiger partial charge in [-0.25, -0.2) is 0 Å². The number of ether oxygens (including phenoxy) is 1. The molecule has 9 atom stereocenters. The Kier molecular flexibility index (Phi) is 7.92. The lowest BCUT2D eigenvalue weighted by molar-refractivity contribution is -0.192. The van der Waals surface area contributed by atoms with Gasteiger partial charge in [-0.2, -0.15) is 0 Å². The molecule has 0 radical (unpaired) electrons. The van der Waals surface area contributed by atoms with E-state index >= 15 is 0 Å². The number of rotatable bonds is 8. The van der Waals surface area contributed by atoms with Gasteiger partial charge in [-0.15, -0.1) is 0 Å². The maximum Gasteiger partial charge on any atom is 0.306 e. The Labute approximate surface area is 205 Å². The molecular formula is C31H54O2. The fourth-order valence-electron chi connectivity index (χ4n) is 9.92. The normalized spacial score (nSPS) is 43.5. The molecule has 2 heteroatoms. The third kappa shape index (κ3) is 4.67. The Morgan fingerprint density at radius 3 is 2.45 bits per heavy atom. The van der Waals surface area contributed by atoms with Crippen LogP contribution in [-0.2, 0) is 9.53 Å². The molecule has 4 fully saturated rings. The standard InChI is InChI=1S/C31H54O2/c1-7-10-29(32)33-28-14-9-13-23-15-16-24-26-18-17-25(22(4)12-8-11-21(2)3)30(26,5)20-19-27(24)31(23,28)6/h21-28H,7-20H2,1-6H3/t22-,23+,24+,25-,26+,27+,28?,30-,31+/m1/s1. The zero-order valence-corrected chi connectivity index (χ0v) is 22.8. The van der Waals surface area contributed by atoms with Gasteiger partial charge >= 0.3 is 5.97 Å². The Balaban J connectivity index is 1.50. The van der Waals surface area contributed by atoms with Crippen molar-refractivity contribution >= 4 is 5.97 Å². The Bertz CT molecular complexity index is 670. The van der Waals surface area contributed by atoms with Gasteiger partial charge in [0.05, 0.1) is 0 Å². The number of carbonyl (C=O) groups excluding carboxylic acids is 1. The van der Waals surface area contributed by atoms with E-state index in [0.29, 0.717) is 11.8 Å². The minimum absolute atomic E-state index is 0.0586. The van der Waals surface area contributed by atoms with Crippen molar-refractivity contribution in [2.75, 3.05) is 0 Å². The van der Waals surface area contributed by atoms with Crippen molar-refractivity contribution in [2.24, 2.45) is 52.3 Å². The van der Waals surface area contributed by atoms with Crippen molar-refractivity contribution in [3.05, 3.63) is 0 Å². The third-order valence-electron chi connectivity index (χ3n) is 11.6. The van der Waals surface area contributed by atoms with Crippen LogP contribution in [0, 0.1) is 52.3 Å². The lowest BCUT2D eigenvalue weighted by Crippen LogP contribution is -2.58. The van der Waals surface area contributed by atoms with Gasteiger partial charge in [0.1, 0.15) is 6.10 Å². The number of esters is 1. The van der Waals surface area contributed by atoms with E-state index in [-0.39, 0.29) is 17.5 Å². The maximum absolute atomic E-state index is 12.5. The molecule has 0 heterocycles. The molecule has 4 aliphatic rings. The molecule has 1 unspecified atom stereocenters. The average Bonchev–Trinajstić information content (AvgIpc) is 3.11. The Morgan fingerprint density at radius 1 is 0.939 bits per heavy atom. The third-order valence-corrected chi connectivity index (χ3v) is 11.6. The molecule has 4 aliphatic carbocycles. The van der Waals surface area contributed by atoms with Crippen molar-refractivity contribution in [1.29, 1.82) is 0 Å². The fourth-order valence-corrected chi connectivity index (χ4v) is 9.92. The summed E-state index contributed by atoms with van der Waals surface area (Å²) in [5.41, 5.74) is 0.761. The summed E-state index contributed by atoms with van der Waals surface area (Å²) >= 11 is 0. The van der Waals surface area contributed by atoms with Crippen LogP contribution in [0.2, 0.25) is 0 Å². The van der Waals surface area contributed by atoms with E-state index in [1.165, 1.54) is 70.6 Å². The maximum atomic E-state index is 12.5. The summed E-state index contributed by atoms with van der Waals surface area (Å²) < 4.78 is 6.27. The van der Waals surface area contributed by atoms with Crippen LogP contribution < -0.4 is 0 Å². The number of hydrogen-bond donors (Lipinski definition) is 0. The molecule has 4 rings (SSSR count). The van der Waals surface area contributed by atoms with Gasteiger partial charge < -0.3 is 4.74 Å². The van der Waals surface area contributed by atoms with Crippen molar-refractivity contribution in [3.63, 3.8) is 0 Å². The van der Waals surface area contributed by atoms with Crippen LogP contribution in [-0.4, -0.2) is 12.1 Å². The summed E-state index contributed by atoms with van der Waals surface area (Å²) in [6.07, 6.45) is 18.1. The minimum atomic E-state index is 0.0586. The second-order valence-corrected chi connectivity index (χ2v) is 13.7. The van der Waals surface area contributed by atoms with Gasteiger partial charge in [0.2, 0.25) is 0 Å². The smallest absolute Gasteiger partial charge is 0.306 e. The molecule has 0 bridgehead atoms. The van der Waals surface area contributed by atoms with Gasteiger partial charge in [-0.1, -0.05) is 60.8 Å². The van der Waals surface area contributed by atoms with Crippen molar-refractivity contribution < 1.29 is 9.53 Å². The first kappa shape index (κ1) is 25.6. The van der Waals surface area contributed by atoms with Gasteiger partial charge in [0, 0.05) is 11.8 Å². The number of hydrogen-bond acceptors (Lipinski definition) is 2. The van der Waals surface area contributed by atoms with Gasteiger partial charge in [0.25, 0.3) is 0 Å². The van der Waals surface area contributed by atoms with Crippen LogP contribution in [0.4, 0.5) is 0 Å². The second-order valence-electron chi connectivity index (χ2n) is 13.7. The molecule has 0 spiro atoms. The molecular weight excluding hydrogens is 404 g/mol. The van der Waals surface area contributed by atoms with Crippen LogP contribution in [0.15, 0.2) is 0 Å². The fraction of sp³-hybridized carbons (Fsp3) is 0.968. The van der Waals surface area contributed by atoms with E-state index < -0.39 is 0 Å². The molecule has 0 aromatic carbocycles. The Hall–Kier alpha value is -0.530. The van der Waals surface area contributed by atoms with Gasteiger partial charge in [0.15, 0.2) is 0 Å². The number of carbonyl (C=O) groups is 1.